The number of quaternary nitrogens is 1. The van der Waals surface area contributed by atoms with Crippen LogP contribution in [-0.2, 0) is 0 Å². The van der Waals surface area contributed by atoms with Gasteiger partial charge < -0.3 is 14.8 Å². The molecule has 2 heterocycles. The number of nitrogens with zero attached hydrogens (tertiary/aromatic N) is 3. The quantitative estimate of drug-likeness (QED) is 0.641. The summed E-state index contributed by atoms with van der Waals surface area (Å²) in [7, 11) is 3.38. The van der Waals surface area contributed by atoms with E-state index in [1.54, 1.807) is 25.9 Å². The highest BCUT2D eigenvalue weighted by Gasteiger charge is 2.28. The molecule has 110 valence electrons. The van der Waals surface area contributed by atoms with E-state index < -0.39 is 0 Å². The molecule has 1 atom stereocenters. The molecule has 0 amide bonds. The number of rotatable bonds is 3. The van der Waals surface area contributed by atoms with Crippen molar-refractivity contribution in [1.82, 2.24) is 4.98 Å². The molecule has 1 aromatic carbocycles. The Hall–Kier alpha value is -1.56. The lowest BCUT2D eigenvalue weighted by molar-refractivity contribution is -0.862. The number of benzene rings is 1. The van der Waals surface area contributed by atoms with Crippen LogP contribution in [0.15, 0.2) is 52.4 Å². The van der Waals surface area contributed by atoms with E-state index >= 15 is 0 Å². The zero-order valence-electron chi connectivity index (χ0n) is 12.5. The maximum absolute atomic E-state index is 12.2. The van der Waals surface area contributed by atoms with Crippen LogP contribution in [0.4, 0.5) is 11.5 Å². The average molecular weight is 301 g/mol. The van der Waals surface area contributed by atoms with Gasteiger partial charge in [0.25, 0.3) is 0 Å². The fraction of sp³-hybridized carbons (Fsp3) is 0.312. The monoisotopic (exact) mass is 301 g/mol. The molecule has 1 aliphatic rings. The Bertz CT molecular complexity index is 608. The number of para-hydroxylation sites is 1. The van der Waals surface area contributed by atoms with Crippen LogP contribution < -0.4 is 4.90 Å². The van der Waals surface area contributed by atoms with E-state index in [1.165, 1.54) is 4.90 Å². The van der Waals surface area contributed by atoms with Gasteiger partial charge in [-0.3, -0.25) is 0 Å². The zero-order valence-corrected chi connectivity index (χ0v) is 13.3. The minimum Gasteiger partial charge on any atom is -0.633 e. The van der Waals surface area contributed by atoms with Gasteiger partial charge in [0.2, 0.25) is 0 Å². The van der Waals surface area contributed by atoms with Crippen molar-refractivity contribution in [3.05, 3.63) is 47.8 Å². The Kier molecular flexibility index (Phi) is 3.65. The highest BCUT2D eigenvalue weighted by atomic mass is 32.2. The summed E-state index contributed by atoms with van der Waals surface area (Å²) in [6, 6.07) is 12.3. The van der Waals surface area contributed by atoms with E-state index in [9.17, 15) is 5.21 Å². The van der Waals surface area contributed by atoms with Crippen molar-refractivity contribution in [2.45, 2.75) is 22.8 Å². The predicted molar refractivity (Wildman–Crippen MR) is 86.7 cm³/mol. The van der Waals surface area contributed by atoms with Crippen molar-refractivity contribution in [1.29, 1.82) is 0 Å². The Labute approximate surface area is 129 Å². The SMILES string of the molecule is C[C@@H](CN1c2ccccc2Sc2cccnc21)[N+](C)(C)[O-]. The Morgan fingerprint density at radius 2 is 1.90 bits per heavy atom. The van der Waals surface area contributed by atoms with Crippen molar-refractivity contribution in [3.63, 3.8) is 0 Å². The lowest BCUT2D eigenvalue weighted by Gasteiger charge is -2.43. The third-order valence-electron chi connectivity index (χ3n) is 3.89. The minimum absolute atomic E-state index is 0.0454. The van der Waals surface area contributed by atoms with Crippen molar-refractivity contribution >= 4 is 23.3 Å². The molecule has 0 radical (unpaired) electrons. The van der Waals surface area contributed by atoms with Crippen molar-refractivity contribution in [3.8, 4) is 0 Å². The number of fused-ring (bicyclic) bond motifs is 2. The normalized spacial score (nSPS) is 15.3. The van der Waals surface area contributed by atoms with Crippen LogP contribution in [0.2, 0.25) is 0 Å². The Balaban J connectivity index is 2.03. The highest BCUT2D eigenvalue weighted by Crippen LogP contribution is 2.46. The zero-order chi connectivity index (χ0) is 15.0. The minimum atomic E-state index is -0.312. The summed E-state index contributed by atoms with van der Waals surface area (Å²) in [5.41, 5.74) is 1.13. The summed E-state index contributed by atoms with van der Waals surface area (Å²) >= 11 is 1.73. The van der Waals surface area contributed by atoms with Gasteiger partial charge in [0, 0.05) is 11.1 Å². The van der Waals surface area contributed by atoms with E-state index in [4.69, 9.17) is 0 Å². The van der Waals surface area contributed by atoms with E-state index in [1.807, 2.05) is 31.3 Å². The summed E-state index contributed by atoms with van der Waals surface area (Å²) in [5.74, 6) is 0.946. The summed E-state index contributed by atoms with van der Waals surface area (Å²) in [6.45, 7) is 2.64. The molecule has 5 heteroatoms. The number of hydrogen-bond acceptors (Lipinski definition) is 4. The van der Waals surface area contributed by atoms with Gasteiger partial charge >= 0.3 is 0 Å². The molecule has 0 unspecified atom stereocenters. The number of hydroxylamine groups is 3. The third-order valence-corrected chi connectivity index (χ3v) is 4.99. The average Bonchev–Trinajstić information content (AvgIpc) is 2.46. The molecule has 0 fully saturated rings. The van der Waals surface area contributed by atoms with Gasteiger partial charge in [0.05, 0.1) is 31.2 Å². The number of likely N-dealkylation sites (N-methyl/N-ethyl adjacent to an activating group) is 1. The molecule has 0 spiro atoms. The lowest BCUT2D eigenvalue weighted by Crippen LogP contribution is -2.47. The van der Waals surface area contributed by atoms with Crippen LogP contribution in [0.3, 0.4) is 0 Å². The van der Waals surface area contributed by atoms with Crippen LogP contribution in [0.5, 0.6) is 0 Å². The predicted octanol–water partition coefficient (Wildman–Crippen LogP) is 3.65. The third kappa shape index (κ3) is 2.77. The molecule has 0 aliphatic carbocycles. The first kappa shape index (κ1) is 14.4. The molecule has 21 heavy (non-hydrogen) atoms. The first-order valence-electron chi connectivity index (χ1n) is 7.01. The van der Waals surface area contributed by atoms with E-state index in [-0.39, 0.29) is 10.7 Å². The molecule has 0 saturated carbocycles. The molecule has 1 aliphatic heterocycles. The van der Waals surface area contributed by atoms with Crippen LogP contribution in [0.1, 0.15) is 6.92 Å². The van der Waals surface area contributed by atoms with Crippen molar-refractivity contribution in [2.24, 2.45) is 0 Å². The topological polar surface area (TPSA) is 39.2 Å². The first-order chi connectivity index (χ1) is 9.97. The van der Waals surface area contributed by atoms with E-state index in [0.29, 0.717) is 6.54 Å². The molecule has 0 N–H and O–H groups in total. The lowest BCUT2D eigenvalue weighted by atomic mass is 10.2. The number of pyridine rings is 1. The summed E-state index contributed by atoms with van der Waals surface area (Å²) in [6.07, 6.45) is 1.81. The Morgan fingerprint density at radius 1 is 1.19 bits per heavy atom. The number of aromatic nitrogens is 1. The summed E-state index contributed by atoms with van der Waals surface area (Å²) < 4.78 is -0.312. The molecule has 2 aromatic rings. The van der Waals surface area contributed by atoms with Gasteiger partial charge in [0.1, 0.15) is 11.9 Å². The highest BCUT2D eigenvalue weighted by molar-refractivity contribution is 7.99. The molecule has 0 bridgehead atoms. The van der Waals surface area contributed by atoms with Crippen LogP contribution >= 0.6 is 11.8 Å². The maximum Gasteiger partial charge on any atom is 0.147 e. The molecule has 3 rings (SSSR count). The number of hydrogen-bond donors (Lipinski definition) is 0. The summed E-state index contributed by atoms with van der Waals surface area (Å²) in [5, 5.41) is 12.2. The molecule has 4 nitrogen and oxygen atoms in total. The van der Waals surface area contributed by atoms with Crippen LogP contribution in [0, 0.1) is 5.21 Å². The summed E-state index contributed by atoms with van der Waals surface area (Å²) in [4.78, 5) is 9.05. The van der Waals surface area contributed by atoms with Gasteiger partial charge in [-0.05, 0) is 31.2 Å². The standard InChI is InChI=1S/C16H19N3OS/c1-12(19(2,3)20)11-18-13-7-4-5-8-14(13)21-15-9-6-10-17-16(15)18/h4-10,12H,11H2,1-3H3/t12-/m0/s1. The second kappa shape index (κ2) is 5.33. The molecular weight excluding hydrogens is 282 g/mol. The largest absolute Gasteiger partial charge is 0.633 e. The van der Waals surface area contributed by atoms with E-state index in [2.05, 4.69) is 28.1 Å². The molecule has 1 aromatic heterocycles. The van der Waals surface area contributed by atoms with Crippen LogP contribution in [-0.4, -0.2) is 36.3 Å². The maximum atomic E-state index is 12.2. The molecular formula is C16H19N3OS. The fourth-order valence-corrected chi connectivity index (χ4v) is 3.38. The van der Waals surface area contributed by atoms with Crippen LogP contribution in [0.25, 0.3) is 0 Å². The van der Waals surface area contributed by atoms with Gasteiger partial charge in [-0.2, -0.15) is 0 Å². The number of anilines is 2. The van der Waals surface area contributed by atoms with Gasteiger partial charge in [-0.15, -0.1) is 0 Å². The van der Waals surface area contributed by atoms with Crippen molar-refractivity contribution < 1.29 is 4.65 Å². The van der Waals surface area contributed by atoms with Gasteiger partial charge in [-0.1, -0.05) is 23.9 Å². The van der Waals surface area contributed by atoms with Gasteiger partial charge in [0.15, 0.2) is 0 Å². The smallest absolute Gasteiger partial charge is 0.147 e. The van der Waals surface area contributed by atoms with E-state index in [0.717, 1.165) is 16.4 Å². The first-order valence-corrected chi connectivity index (χ1v) is 7.82. The van der Waals surface area contributed by atoms with Crippen molar-refractivity contribution in [2.75, 3.05) is 25.5 Å². The molecule has 0 saturated heterocycles. The van der Waals surface area contributed by atoms with Gasteiger partial charge in [-0.25, -0.2) is 4.98 Å². The second-order valence-electron chi connectivity index (χ2n) is 5.79. The second-order valence-corrected chi connectivity index (χ2v) is 6.87. The Morgan fingerprint density at radius 3 is 2.67 bits per heavy atom. The fourth-order valence-electron chi connectivity index (χ4n) is 2.31.